The lowest BCUT2D eigenvalue weighted by Gasteiger charge is -2.07. The van der Waals surface area contributed by atoms with Gasteiger partial charge in [0.15, 0.2) is 0 Å². The Kier molecular flexibility index (Phi) is 3.78. The lowest BCUT2D eigenvalue weighted by Crippen LogP contribution is -2.22. The Morgan fingerprint density at radius 2 is 2.13 bits per heavy atom. The van der Waals surface area contributed by atoms with Crippen LogP contribution in [-0.4, -0.2) is 19.4 Å². The summed E-state index contributed by atoms with van der Waals surface area (Å²) < 4.78 is 21.9. The standard InChI is InChI=1S/C9H15N3O2S/c1-2-7(10)5-8-3-4-9(6-12-8)15(11,13)14/h3-4,6-7H,2,5,10H2,1H3,(H2,11,13,14). The molecule has 0 saturated heterocycles. The fourth-order valence-electron chi connectivity index (χ4n) is 1.11. The molecule has 0 radical (unpaired) electrons. The molecule has 5 nitrogen and oxygen atoms in total. The summed E-state index contributed by atoms with van der Waals surface area (Å²) in [6, 6.07) is 3.13. The van der Waals surface area contributed by atoms with Crippen molar-refractivity contribution >= 4 is 10.0 Å². The van der Waals surface area contributed by atoms with E-state index in [-0.39, 0.29) is 10.9 Å². The van der Waals surface area contributed by atoms with Crippen LogP contribution in [0.25, 0.3) is 0 Å². The maximum atomic E-state index is 10.9. The number of hydrogen-bond acceptors (Lipinski definition) is 4. The normalized spacial score (nSPS) is 13.8. The van der Waals surface area contributed by atoms with Crippen LogP contribution in [-0.2, 0) is 16.4 Å². The minimum atomic E-state index is -3.65. The highest BCUT2D eigenvalue weighted by molar-refractivity contribution is 7.89. The predicted molar refractivity (Wildman–Crippen MR) is 57.6 cm³/mol. The summed E-state index contributed by atoms with van der Waals surface area (Å²) in [5.41, 5.74) is 6.52. The molecular weight excluding hydrogens is 214 g/mol. The number of nitrogens with two attached hydrogens (primary N) is 2. The molecule has 0 saturated carbocycles. The molecule has 1 aromatic rings. The molecule has 6 heteroatoms. The van der Waals surface area contributed by atoms with Crippen molar-refractivity contribution in [3.63, 3.8) is 0 Å². The van der Waals surface area contributed by atoms with Gasteiger partial charge in [-0.15, -0.1) is 0 Å². The first kappa shape index (κ1) is 12.1. The highest BCUT2D eigenvalue weighted by Crippen LogP contribution is 2.07. The lowest BCUT2D eigenvalue weighted by molar-refractivity contribution is 0.597. The van der Waals surface area contributed by atoms with Gasteiger partial charge in [0.1, 0.15) is 4.90 Å². The Morgan fingerprint density at radius 3 is 2.53 bits per heavy atom. The van der Waals surface area contributed by atoms with Crippen LogP contribution in [0, 0.1) is 0 Å². The third-order valence-electron chi connectivity index (χ3n) is 2.12. The third-order valence-corrected chi connectivity index (χ3v) is 3.02. The van der Waals surface area contributed by atoms with Crippen LogP contribution >= 0.6 is 0 Å². The SMILES string of the molecule is CCC(N)Cc1ccc(S(N)(=O)=O)cn1. The fourth-order valence-corrected chi connectivity index (χ4v) is 1.57. The predicted octanol–water partition coefficient (Wildman–Crippen LogP) is 0.00880. The van der Waals surface area contributed by atoms with Gasteiger partial charge >= 0.3 is 0 Å². The second-order valence-electron chi connectivity index (χ2n) is 3.40. The molecule has 0 bridgehead atoms. The molecule has 1 heterocycles. The first-order valence-electron chi connectivity index (χ1n) is 4.66. The molecule has 0 aromatic carbocycles. The Morgan fingerprint density at radius 1 is 1.47 bits per heavy atom. The molecule has 84 valence electrons. The van der Waals surface area contributed by atoms with E-state index in [1.807, 2.05) is 6.92 Å². The first-order valence-corrected chi connectivity index (χ1v) is 6.21. The van der Waals surface area contributed by atoms with Gasteiger partial charge in [0, 0.05) is 24.4 Å². The van der Waals surface area contributed by atoms with Gasteiger partial charge in [-0.2, -0.15) is 0 Å². The highest BCUT2D eigenvalue weighted by Gasteiger charge is 2.08. The number of pyridine rings is 1. The Hall–Kier alpha value is -0.980. The van der Waals surface area contributed by atoms with Crippen LogP contribution < -0.4 is 10.9 Å². The van der Waals surface area contributed by atoms with Crippen LogP contribution in [0.4, 0.5) is 0 Å². The minimum absolute atomic E-state index is 0.0244. The zero-order valence-electron chi connectivity index (χ0n) is 8.55. The van der Waals surface area contributed by atoms with Gasteiger partial charge < -0.3 is 5.73 Å². The molecule has 1 rings (SSSR count). The molecule has 15 heavy (non-hydrogen) atoms. The number of hydrogen-bond donors (Lipinski definition) is 2. The van der Waals surface area contributed by atoms with E-state index in [2.05, 4.69) is 4.98 Å². The van der Waals surface area contributed by atoms with Crippen molar-refractivity contribution in [2.45, 2.75) is 30.7 Å². The van der Waals surface area contributed by atoms with Gasteiger partial charge in [-0.1, -0.05) is 6.92 Å². The molecule has 0 aliphatic carbocycles. The fraction of sp³-hybridized carbons (Fsp3) is 0.444. The smallest absolute Gasteiger partial charge is 0.239 e. The van der Waals surface area contributed by atoms with E-state index in [4.69, 9.17) is 10.9 Å². The Bertz CT molecular complexity index is 413. The van der Waals surface area contributed by atoms with Gasteiger partial charge in [0.2, 0.25) is 10.0 Å². The lowest BCUT2D eigenvalue weighted by atomic mass is 10.1. The second kappa shape index (κ2) is 4.69. The van der Waals surface area contributed by atoms with E-state index in [1.165, 1.54) is 12.3 Å². The summed E-state index contributed by atoms with van der Waals surface area (Å²) in [6.45, 7) is 1.99. The van der Waals surface area contributed by atoms with Gasteiger partial charge in [-0.05, 0) is 18.6 Å². The summed E-state index contributed by atoms with van der Waals surface area (Å²) in [6.07, 6.45) is 2.76. The van der Waals surface area contributed by atoms with Gasteiger partial charge in [0.05, 0.1) is 0 Å². The van der Waals surface area contributed by atoms with Crippen LogP contribution in [0.3, 0.4) is 0 Å². The average molecular weight is 229 g/mol. The van der Waals surface area contributed by atoms with E-state index in [1.54, 1.807) is 6.07 Å². The van der Waals surface area contributed by atoms with Crippen LogP contribution in [0.2, 0.25) is 0 Å². The van der Waals surface area contributed by atoms with Gasteiger partial charge in [-0.3, -0.25) is 4.98 Å². The van der Waals surface area contributed by atoms with E-state index in [0.29, 0.717) is 6.42 Å². The van der Waals surface area contributed by atoms with Gasteiger partial charge in [-0.25, -0.2) is 13.6 Å². The van der Waals surface area contributed by atoms with E-state index in [9.17, 15) is 8.42 Å². The summed E-state index contributed by atoms with van der Waals surface area (Å²) >= 11 is 0. The van der Waals surface area contributed by atoms with Gasteiger partial charge in [0.25, 0.3) is 0 Å². The maximum Gasteiger partial charge on any atom is 0.239 e. The minimum Gasteiger partial charge on any atom is -0.327 e. The quantitative estimate of drug-likeness (QED) is 0.759. The van der Waals surface area contributed by atoms with Crippen LogP contribution in [0.1, 0.15) is 19.0 Å². The molecule has 4 N–H and O–H groups in total. The second-order valence-corrected chi connectivity index (χ2v) is 4.96. The van der Waals surface area contributed by atoms with Crippen molar-refractivity contribution < 1.29 is 8.42 Å². The monoisotopic (exact) mass is 229 g/mol. The van der Waals surface area contributed by atoms with Crippen molar-refractivity contribution in [2.75, 3.05) is 0 Å². The molecule has 0 aliphatic heterocycles. The van der Waals surface area contributed by atoms with E-state index >= 15 is 0 Å². The first-order chi connectivity index (χ1) is 6.93. The Balaban J connectivity index is 2.82. The average Bonchev–Trinajstić information content (AvgIpc) is 2.17. The van der Waals surface area contributed by atoms with Crippen molar-refractivity contribution in [1.82, 2.24) is 4.98 Å². The largest absolute Gasteiger partial charge is 0.327 e. The topological polar surface area (TPSA) is 99.1 Å². The molecule has 1 aromatic heterocycles. The van der Waals surface area contributed by atoms with Crippen LogP contribution in [0.15, 0.2) is 23.2 Å². The van der Waals surface area contributed by atoms with E-state index in [0.717, 1.165) is 12.1 Å². The third kappa shape index (κ3) is 3.58. The molecule has 1 unspecified atom stereocenters. The van der Waals surface area contributed by atoms with Crippen molar-refractivity contribution in [3.8, 4) is 0 Å². The molecular formula is C9H15N3O2S. The summed E-state index contributed by atoms with van der Waals surface area (Å²) in [5, 5.41) is 4.94. The van der Waals surface area contributed by atoms with E-state index < -0.39 is 10.0 Å². The number of sulfonamides is 1. The highest BCUT2D eigenvalue weighted by atomic mass is 32.2. The molecule has 0 amide bonds. The molecule has 0 aliphatic rings. The van der Waals surface area contributed by atoms with Crippen molar-refractivity contribution in [1.29, 1.82) is 0 Å². The van der Waals surface area contributed by atoms with Crippen molar-refractivity contribution in [2.24, 2.45) is 10.9 Å². The van der Waals surface area contributed by atoms with Crippen LogP contribution in [0.5, 0.6) is 0 Å². The molecule has 0 fully saturated rings. The number of nitrogens with zero attached hydrogens (tertiary/aromatic N) is 1. The summed E-state index contributed by atoms with van der Waals surface area (Å²) in [5.74, 6) is 0. The number of rotatable bonds is 4. The zero-order valence-corrected chi connectivity index (χ0v) is 9.37. The number of aromatic nitrogens is 1. The maximum absolute atomic E-state index is 10.9. The van der Waals surface area contributed by atoms with Crippen molar-refractivity contribution in [3.05, 3.63) is 24.0 Å². The number of primary sulfonamides is 1. The summed E-state index contributed by atoms with van der Waals surface area (Å²) in [4.78, 5) is 4.02. The summed E-state index contributed by atoms with van der Waals surface area (Å²) in [7, 11) is -3.65. The zero-order chi connectivity index (χ0) is 11.5. The Labute approximate surface area is 89.6 Å². The molecule has 1 atom stereocenters. The molecule has 0 spiro atoms.